The van der Waals surface area contributed by atoms with Crippen LogP contribution in [0.25, 0.3) is 0 Å². The maximum Gasteiger partial charge on any atom is 0.251 e. The molecule has 3 aromatic carbocycles. The molecule has 2 aliphatic rings. The Hall–Kier alpha value is -5.87. The van der Waals surface area contributed by atoms with Gasteiger partial charge in [-0.05, 0) is 136 Å². The summed E-state index contributed by atoms with van der Waals surface area (Å²) in [5.74, 6) is -0.654. The number of aryl methyl sites for hydroxylation is 1. The van der Waals surface area contributed by atoms with Crippen molar-refractivity contribution >= 4 is 46.4 Å². The van der Waals surface area contributed by atoms with Gasteiger partial charge in [0.15, 0.2) is 16.8 Å². The van der Waals surface area contributed by atoms with Crippen LogP contribution >= 0.6 is 23.2 Å². The van der Waals surface area contributed by atoms with Crippen molar-refractivity contribution in [1.29, 1.82) is 0 Å². The highest BCUT2D eigenvalue weighted by atomic mass is 35.5. The summed E-state index contributed by atoms with van der Waals surface area (Å²) in [6.07, 6.45) is 14.4. The van der Waals surface area contributed by atoms with Gasteiger partial charge in [-0.3, -0.25) is 19.2 Å². The van der Waals surface area contributed by atoms with Gasteiger partial charge >= 0.3 is 0 Å². The number of ether oxygens (including phenoxy) is 2. The van der Waals surface area contributed by atoms with Gasteiger partial charge in [0.2, 0.25) is 11.8 Å². The van der Waals surface area contributed by atoms with E-state index >= 15 is 0 Å². The molecule has 75 heavy (non-hydrogen) atoms. The minimum Gasteiger partial charge on any atom is -0.482 e. The number of nitrogens with one attached hydrogen (secondary N) is 6. The second-order valence-corrected chi connectivity index (χ2v) is 19.6. The average Bonchev–Trinajstić information content (AvgIpc) is 3.39. The van der Waals surface area contributed by atoms with E-state index in [9.17, 15) is 23.6 Å². The fraction of sp³-hybridized carbons (Fsp3) is 0.483. The van der Waals surface area contributed by atoms with Crippen molar-refractivity contribution in [2.45, 2.75) is 138 Å². The molecule has 2 aliphatic carbocycles. The van der Waals surface area contributed by atoms with E-state index in [0.29, 0.717) is 57.1 Å². The van der Waals surface area contributed by atoms with Crippen molar-refractivity contribution in [2.75, 3.05) is 59.0 Å². The number of benzene rings is 3. The molecule has 0 radical (unpaired) electrons. The van der Waals surface area contributed by atoms with E-state index in [2.05, 4.69) is 69.2 Å². The lowest BCUT2D eigenvalue weighted by atomic mass is 9.95. The zero-order chi connectivity index (χ0) is 55.6. The van der Waals surface area contributed by atoms with Crippen LogP contribution < -0.4 is 41.6 Å². The lowest BCUT2D eigenvalue weighted by Crippen LogP contribution is -2.29. The Kier molecular flexibility index (Phi) is 28.1. The number of carbonyl (C=O) groups is 2. The second-order valence-electron chi connectivity index (χ2n) is 18.7. The van der Waals surface area contributed by atoms with Crippen molar-refractivity contribution in [3.8, 4) is 17.5 Å². The predicted molar refractivity (Wildman–Crippen MR) is 307 cm³/mol. The van der Waals surface area contributed by atoms with Gasteiger partial charge in [0.25, 0.3) is 11.8 Å². The van der Waals surface area contributed by atoms with E-state index in [0.717, 1.165) is 40.7 Å². The normalized spacial score (nSPS) is 13.3. The van der Waals surface area contributed by atoms with Crippen LogP contribution in [-0.2, 0) is 13.1 Å². The summed E-state index contributed by atoms with van der Waals surface area (Å²) < 4.78 is 24.1. The van der Waals surface area contributed by atoms with Gasteiger partial charge in [-0.2, -0.15) is 4.39 Å². The van der Waals surface area contributed by atoms with Crippen molar-refractivity contribution in [3.63, 3.8) is 0 Å². The first-order valence-electron chi connectivity index (χ1n) is 26.3. The van der Waals surface area contributed by atoms with E-state index < -0.39 is 17.3 Å². The maximum atomic E-state index is 13.2. The standard InChI is InChI=1S/C23H24ClN3O3.C17H19ClFN3O3.2C8H17N.C2H6/c1-4-25-20-12-16(24)11-18(15(20)3)22(29)26-13-19-21(28)10-14(2)27-23(19)30-17-8-6-5-7-9-17;1-4-20-13-6-10(18)5-11(9(13)2)16(24)21-8-12-14(23)7-15(19)22-17(12)25-3;2*1-9(2)8-6-4-3-5-7-8;1-2/h5-12,25H,4,13H2,1-3H3,(H,26,29)(H,27,28);5-7,20H,4,8H2,1-3H3,(H,21,24)(H,22,23);2*8H,3-7H2,1-2H3;1-2H3. The molecule has 0 unspecified atom stereocenters. The molecule has 7 rings (SSSR count). The highest BCUT2D eigenvalue weighted by Gasteiger charge is 2.19. The van der Waals surface area contributed by atoms with Crippen LogP contribution in [0.4, 0.5) is 15.8 Å². The number of para-hydroxylation sites is 1. The van der Waals surface area contributed by atoms with Gasteiger partial charge in [0.1, 0.15) is 5.75 Å². The van der Waals surface area contributed by atoms with E-state index in [4.69, 9.17) is 32.7 Å². The summed E-state index contributed by atoms with van der Waals surface area (Å²) >= 11 is 12.3. The number of carbonyl (C=O) groups excluding carboxylic acids is 2. The van der Waals surface area contributed by atoms with Crippen molar-refractivity contribution < 1.29 is 23.5 Å². The molecule has 14 nitrogen and oxygen atoms in total. The summed E-state index contributed by atoms with van der Waals surface area (Å²) in [5, 5.41) is 12.7. The molecular weight excluding hydrogens is 995 g/mol. The van der Waals surface area contributed by atoms with Crippen LogP contribution in [0.15, 0.2) is 76.3 Å². The number of amides is 2. The third-order valence-electron chi connectivity index (χ3n) is 12.9. The highest BCUT2D eigenvalue weighted by Crippen LogP contribution is 2.28. The Morgan fingerprint density at radius 2 is 1.07 bits per heavy atom. The Bertz CT molecular complexity index is 2650. The number of H-pyrrole nitrogens is 2. The van der Waals surface area contributed by atoms with Crippen LogP contribution in [0.3, 0.4) is 0 Å². The molecule has 5 aromatic rings. The maximum absolute atomic E-state index is 13.2. The van der Waals surface area contributed by atoms with Crippen molar-refractivity contribution in [2.24, 2.45) is 0 Å². The predicted octanol–water partition coefficient (Wildman–Crippen LogP) is 12.4. The fourth-order valence-electron chi connectivity index (χ4n) is 8.72. The molecule has 2 amide bonds. The summed E-state index contributed by atoms with van der Waals surface area (Å²) in [7, 11) is 10.1. The Morgan fingerprint density at radius 1 is 0.640 bits per heavy atom. The van der Waals surface area contributed by atoms with Crippen LogP contribution in [-0.4, -0.2) is 92.1 Å². The Labute approximate surface area is 454 Å². The van der Waals surface area contributed by atoms with Crippen LogP contribution in [0, 0.1) is 26.7 Å². The molecule has 2 saturated carbocycles. The average molecular weight is 1080 g/mol. The van der Waals surface area contributed by atoms with E-state index in [1.807, 2.05) is 52.8 Å². The van der Waals surface area contributed by atoms with E-state index in [1.165, 1.54) is 77.4 Å². The lowest BCUT2D eigenvalue weighted by molar-refractivity contribution is 0.0941. The molecule has 6 N–H and O–H groups in total. The molecule has 0 bridgehead atoms. The quantitative estimate of drug-likeness (QED) is 0.0554. The smallest absolute Gasteiger partial charge is 0.251 e. The molecule has 412 valence electrons. The minimum atomic E-state index is -0.808. The van der Waals surface area contributed by atoms with Gasteiger partial charge in [-0.25, -0.2) is 0 Å². The molecule has 0 aliphatic heterocycles. The van der Waals surface area contributed by atoms with Gasteiger partial charge in [0, 0.05) is 75.5 Å². The Balaban J connectivity index is 0.000000292. The monoisotopic (exact) mass is 1080 g/mol. The molecule has 17 heteroatoms. The molecule has 2 fully saturated rings. The molecule has 2 aromatic heterocycles. The molecule has 2 heterocycles. The van der Waals surface area contributed by atoms with E-state index in [1.54, 1.807) is 50.2 Å². The zero-order valence-corrected chi connectivity index (χ0v) is 47.9. The number of pyridine rings is 2. The van der Waals surface area contributed by atoms with Crippen LogP contribution in [0.5, 0.6) is 17.5 Å². The van der Waals surface area contributed by atoms with Gasteiger partial charge < -0.3 is 50.5 Å². The van der Waals surface area contributed by atoms with Crippen molar-refractivity contribution in [3.05, 3.63) is 142 Å². The summed E-state index contributed by atoms with van der Waals surface area (Å²) in [5.41, 5.74) is 4.29. The lowest BCUT2D eigenvalue weighted by Gasteiger charge is -2.27. The summed E-state index contributed by atoms with van der Waals surface area (Å²) in [6, 6.07) is 19.9. The number of halogens is 3. The highest BCUT2D eigenvalue weighted by molar-refractivity contribution is 6.31. The first kappa shape index (κ1) is 63.4. The largest absolute Gasteiger partial charge is 0.482 e. The third kappa shape index (κ3) is 20.6. The topological polar surface area (TPSA) is 173 Å². The van der Waals surface area contributed by atoms with Crippen LogP contribution in [0.1, 0.15) is 141 Å². The van der Waals surface area contributed by atoms with Gasteiger partial charge in [-0.1, -0.05) is 93.8 Å². The summed E-state index contributed by atoms with van der Waals surface area (Å²) in [4.78, 5) is 59.9. The number of hydrogen-bond acceptors (Lipinski definition) is 10. The number of rotatable bonds is 15. The first-order valence-corrected chi connectivity index (χ1v) is 27.0. The minimum absolute atomic E-state index is 0.0130. The number of aromatic nitrogens is 2. The zero-order valence-electron chi connectivity index (χ0n) is 46.4. The molecule has 0 spiro atoms. The number of hydrogen-bond donors (Lipinski definition) is 6. The second kappa shape index (κ2) is 33.2. The third-order valence-corrected chi connectivity index (χ3v) is 13.3. The number of anilines is 2. The molecule has 0 saturated heterocycles. The number of aromatic amines is 2. The SMILES string of the molecule is CC.CCNc1cc(Cl)cc(C(=O)NCc2c(OC)[nH]c(F)cc2=O)c1C.CCNc1cc(Cl)cc(C(=O)NCc2c(Oc3ccccc3)[nH]c(C)cc2=O)c1C.CN(C)C1CCCCC1.CN(C)C1CCCCC1. The van der Waals surface area contributed by atoms with Gasteiger partial charge in [0.05, 0.1) is 31.3 Å². The fourth-order valence-corrected chi connectivity index (χ4v) is 9.16. The number of methoxy groups -OCH3 is 1. The summed E-state index contributed by atoms with van der Waals surface area (Å²) in [6.45, 7) is 14.6. The molecular formula is C58H83Cl2FN8O6. The van der Waals surface area contributed by atoms with E-state index in [-0.39, 0.29) is 35.9 Å². The Morgan fingerprint density at radius 3 is 1.47 bits per heavy atom. The number of nitrogens with zero attached hydrogens (tertiary/aromatic N) is 2. The van der Waals surface area contributed by atoms with Crippen molar-refractivity contribution in [1.82, 2.24) is 30.4 Å². The first-order chi connectivity index (χ1) is 35.9. The molecule has 0 atom stereocenters. The van der Waals surface area contributed by atoms with Gasteiger partial charge in [-0.15, -0.1) is 0 Å². The van der Waals surface area contributed by atoms with Crippen LogP contribution in [0.2, 0.25) is 10.0 Å².